The first-order valence-electron chi connectivity index (χ1n) is 9.07. The maximum atomic E-state index is 5.67. The van der Waals surface area contributed by atoms with Crippen molar-refractivity contribution < 1.29 is 4.74 Å². The molecule has 0 amide bonds. The molecule has 2 aromatic carbocycles. The maximum absolute atomic E-state index is 5.67. The van der Waals surface area contributed by atoms with Gasteiger partial charge in [0.15, 0.2) is 5.11 Å². The summed E-state index contributed by atoms with van der Waals surface area (Å²) in [5.41, 5.74) is 3.86. The molecule has 1 heterocycles. The van der Waals surface area contributed by atoms with Gasteiger partial charge in [0.2, 0.25) is 0 Å². The summed E-state index contributed by atoms with van der Waals surface area (Å²) in [5, 5.41) is 6.92. The normalized spacial score (nSPS) is 10.3. The van der Waals surface area contributed by atoms with Gasteiger partial charge in [0.1, 0.15) is 5.75 Å². The van der Waals surface area contributed by atoms with Gasteiger partial charge in [0.05, 0.1) is 12.3 Å². The van der Waals surface area contributed by atoms with E-state index in [4.69, 9.17) is 17.0 Å². The second kappa shape index (κ2) is 9.69. The summed E-state index contributed by atoms with van der Waals surface area (Å²) in [6.45, 7) is 2.90. The van der Waals surface area contributed by atoms with Gasteiger partial charge in [0, 0.05) is 23.1 Å². The third-order valence-corrected chi connectivity index (χ3v) is 4.19. The molecule has 0 saturated heterocycles. The third kappa shape index (κ3) is 5.79. The smallest absolute Gasteiger partial charge is 0.175 e. The van der Waals surface area contributed by atoms with Crippen molar-refractivity contribution in [1.82, 2.24) is 4.98 Å². The summed E-state index contributed by atoms with van der Waals surface area (Å²) in [4.78, 5) is 4.36. The largest absolute Gasteiger partial charge is 0.494 e. The van der Waals surface area contributed by atoms with E-state index < -0.39 is 0 Å². The number of nitrogens with one attached hydrogen (secondary N) is 2. The zero-order valence-electron chi connectivity index (χ0n) is 15.3. The van der Waals surface area contributed by atoms with Crippen LogP contribution in [-0.2, 0) is 0 Å². The Bertz CT molecular complexity index is 849. The Kier molecular flexibility index (Phi) is 6.77. The molecule has 0 spiro atoms. The monoisotopic (exact) mass is 377 g/mol. The van der Waals surface area contributed by atoms with Crippen molar-refractivity contribution in [1.29, 1.82) is 0 Å². The first-order valence-corrected chi connectivity index (χ1v) is 9.48. The van der Waals surface area contributed by atoms with Crippen LogP contribution in [-0.4, -0.2) is 16.7 Å². The van der Waals surface area contributed by atoms with Gasteiger partial charge in [-0.1, -0.05) is 31.5 Å². The molecule has 138 valence electrons. The van der Waals surface area contributed by atoms with Gasteiger partial charge in [-0.25, -0.2) is 0 Å². The number of benzene rings is 2. The van der Waals surface area contributed by atoms with E-state index in [1.54, 1.807) is 6.20 Å². The predicted molar refractivity (Wildman–Crippen MR) is 116 cm³/mol. The fourth-order valence-corrected chi connectivity index (χ4v) is 2.76. The van der Waals surface area contributed by atoms with Crippen LogP contribution < -0.4 is 15.4 Å². The summed E-state index contributed by atoms with van der Waals surface area (Å²) >= 11 is 5.40. The Morgan fingerprint density at radius 3 is 2.19 bits per heavy atom. The molecule has 1 aromatic heterocycles. The van der Waals surface area contributed by atoms with Crippen molar-refractivity contribution in [2.75, 3.05) is 17.2 Å². The number of rotatable bonds is 7. The van der Waals surface area contributed by atoms with Gasteiger partial charge in [-0.05, 0) is 67.2 Å². The number of pyridine rings is 1. The Balaban J connectivity index is 1.53. The summed E-state index contributed by atoms with van der Waals surface area (Å²) in [6, 6.07) is 21.7. The van der Waals surface area contributed by atoms with E-state index in [0.29, 0.717) is 5.11 Å². The highest BCUT2D eigenvalue weighted by atomic mass is 32.1. The molecule has 2 N–H and O–H groups in total. The van der Waals surface area contributed by atoms with Crippen LogP contribution in [0.5, 0.6) is 5.75 Å². The fraction of sp³-hybridized carbons (Fsp3) is 0.182. The van der Waals surface area contributed by atoms with Gasteiger partial charge < -0.3 is 15.4 Å². The molecule has 0 unspecified atom stereocenters. The van der Waals surface area contributed by atoms with Gasteiger partial charge in [0.25, 0.3) is 0 Å². The first kappa shape index (κ1) is 18.9. The molecule has 0 saturated carbocycles. The van der Waals surface area contributed by atoms with Gasteiger partial charge in [-0.2, -0.15) is 0 Å². The van der Waals surface area contributed by atoms with E-state index in [1.807, 2.05) is 66.7 Å². The lowest BCUT2D eigenvalue weighted by molar-refractivity contribution is 0.309. The van der Waals surface area contributed by atoms with Crippen molar-refractivity contribution in [2.24, 2.45) is 0 Å². The van der Waals surface area contributed by atoms with Gasteiger partial charge in [-0.15, -0.1) is 0 Å². The Morgan fingerprint density at radius 1 is 0.926 bits per heavy atom. The predicted octanol–water partition coefficient (Wildman–Crippen LogP) is 5.74. The molecule has 0 bridgehead atoms. The average Bonchev–Trinajstić information content (AvgIpc) is 2.71. The lowest BCUT2D eigenvalue weighted by atomic mass is 10.1. The molecule has 4 nitrogen and oxygen atoms in total. The van der Waals surface area contributed by atoms with E-state index in [-0.39, 0.29) is 0 Å². The van der Waals surface area contributed by atoms with Crippen LogP contribution in [0, 0.1) is 0 Å². The molecule has 0 aliphatic rings. The second-order valence-electron chi connectivity index (χ2n) is 6.10. The van der Waals surface area contributed by atoms with Crippen LogP contribution in [0.25, 0.3) is 11.3 Å². The molecule has 0 aliphatic heterocycles. The number of hydrogen-bond acceptors (Lipinski definition) is 3. The zero-order valence-corrected chi connectivity index (χ0v) is 16.1. The van der Waals surface area contributed by atoms with E-state index in [9.17, 15) is 0 Å². The number of unbranched alkanes of at least 4 members (excludes halogenated alkanes) is 1. The van der Waals surface area contributed by atoms with E-state index in [2.05, 4.69) is 22.5 Å². The van der Waals surface area contributed by atoms with Crippen LogP contribution in [0.3, 0.4) is 0 Å². The number of thiocarbonyl (C=S) groups is 1. The lowest BCUT2D eigenvalue weighted by Crippen LogP contribution is -2.18. The Labute approximate surface area is 165 Å². The minimum absolute atomic E-state index is 0.542. The molecular formula is C22H23N3OS. The van der Waals surface area contributed by atoms with E-state index in [1.165, 1.54) is 0 Å². The van der Waals surface area contributed by atoms with E-state index in [0.717, 1.165) is 47.8 Å². The average molecular weight is 378 g/mol. The summed E-state index contributed by atoms with van der Waals surface area (Å²) in [7, 11) is 0. The molecule has 3 rings (SSSR count). The summed E-state index contributed by atoms with van der Waals surface area (Å²) in [6.07, 6.45) is 3.98. The quantitative estimate of drug-likeness (QED) is 0.406. The van der Waals surface area contributed by atoms with Crippen LogP contribution >= 0.6 is 12.2 Å². The SMILES string of the molecule is CCCCOc1ccc(NC(=S)Nc2ccc(-c3ccccn3)cc2)cc1. The van der Waals surface area contributed by atoms with Gasteiger partial charge in [-0.3, -0.25) is 4.98 Å². The van der Waals surface area contributed by atoms with Crippen molar-refractivity contribution in [3.8, 4) is 17.0 Å². The highest BCUT2D eigenvalue weighted by Gasteiger charge is 2.02. The van der Waals surface area contributed by atoms with Crippen molar-refractivity contribution in [3.05, 3.63) is 72.9 Å². The molecule has 0 aliphatic carbocycles. The van der Waals surface area contributed by atoms with Crippen molar-refractivity contribution >= 4 is 28.7 Å². The fourth-order valence-electron chi connectivity index (χ4n) is 2.52. The van der Waals surface area contributed by atoms with Gasteiger partial charge >= 0.3 is 0 Å². The van der Waals surface area contributed by atoms with Crippen LogP contribution in [0.4, 0.5) is 11.4 Å². The molecular weight excluding hydrogens is 354 g/mol. The lowest BCUT2D eigenvalue weighted by Gasteiger charge is -2.12. The molecule has 27 heavy (non-hydrogen) atoms. The third-order valence-electron chi connectivity index (χ3n) is 3.98. The molecule has 0 fully saturated rings. The second-order valence-corrected chi connectivity index (χ2v) is 6.51. The van der Waals surface area contributed by atoms with E-state index >= 15 is 0 Å². The van der Waals surface area contributed by atoms with Crippen LogP contribution in [0.1, 0.15) is 19.8 Å². The standard InChI is InChI=1S/C22H23N3OS/c1-2-3-16-26-20-13-11-19(12-14-20)25-22(27)24-18-9-7-17(8-10-18)21-6-4-5-15-23-21/h4-15H,2-3,16H2,1H3,(H2,24,25,27). The number of anilines is 2. The highest BCUT2D eigenvalue weighted by Crippen LogP contribution is 2.20. The number of ether oxygens (including phenoxy) is 1. The number of hydrogen-bond donors (Lipinski definition) is 2. The Hall–Kier alpha value is -2.92. The van der Waals surface area contributed by atoms with Crippen LogP contribution in [0.2, 0.25) is 0 Å². The molecule has 5 heteroatoms. The number of nitrogens with zero attached hydrogens (tertiary/aromatic N) is 1. The Morgan fingerprint density at radius 2 is 1.59 bits per heavy atom. The molecule has 0 atom stereocenters. The van der Waals surface area contributed by atoms with Crippen molar-refractivity contribution in [2.45, 2.75) is 19.8 Å². The summed E-state index contributed by atoms with van der Waals surface area (Å²) < 4.78 is 5.67. The maximum Gasteiger partial charge on any atom is 0.175 e. The minimum atomic E-state index is 0.542. The van der Waals surface area contributed by atoms with Crippen molar-refractivity contribution in [3.63, 3.8) is 0 Å². The summed E-state index contributed by atoms with van der Waals surface area (Å²) in [5.74, 6) is 0.873. The number of aromatic nitrogens is 1. The van der Waals surface area contributed by atoms with Crippen LogP contribution in [0.15, 0.2) is 72.9 Å². The zero-order chi connectivity index (χ0) is 18.9. The first-order chi connectivity index (χ1) is 13.2. The molecule has 3 aromatic rings. The topological polar surface area (TPSA) is 46.2 Å². The molecule has 0 radical (unpaired) electrons. The highest BCUT2D eigenvalue weighted by molar-refractivity contribution is 7.80. The minimum Gasteiger partial charge on any atom is -0.494 e.